The molecule has 0 amide bonds. The second-order valence-electron chi connectivity index (χ2n) is 12.9. The van der Waals surface area contributed by atoms with E-state index in [1.807, 2.05) is 24.3 Å². The maximum Gasteiger partial charge on any atom is 0.0629 e. The van der Waals surface area contributed by atoms with E-state index >= 15 is 0 Å². The molecule has 234 valence electrons. The first-order chi connectivity index (χ1) is 25.6. The number of hydrogen-bond acceptors (Lipinski definition) is 1. The van der Waals surface area contributed by atoms with Gasteiger partial charge in [0.05, 0.1) is 13.8 Å². The van der Waals surface area contributed by atoms with Gasteiger partial charge in [0.25, 0.3) is 0 Å². The Morgan fingerprint density at radius 1 is 0.380 bits per heavy atom. The molecule has 0 unspecified atom stereocenters. The van der Waals surface area contributed by atoms with Crippen LogP contribution in [0.25, 0.3) is 71.9 Å². The van der Waals surface area contributed by atoms with Crippen LogP contribution in [0.15, 0.2) is 182 Å². The molecule has 10 rings (SSSR count). The van der Waals surface area contributed by atoms with Gasteiger partial charge in [0.15, 0.2) is 0 Å². The summed E-state index contributed by atoms with van der Waals surface area (Å²) >= 11 is 0. The Bertz CT molecular complexity index is 2980. The molecule has 1 heterocycles. The molecule has 0 aliphatic carbocycles. The summed E-state index contributed by atoms with van der Waals surface area (Å²) in [6.07, 6.45) is 0. The highest BCUT2D eigenvalue weighted by Gasteiger charge is 2.17. The highest BCUT2D eigenvalue weighted by molar-refractivity contribution is 6.24. The predicted molar refractivity (Wildman–Crippen MR) is 215 cm³/mol. The van der Waals surface area contributed by atoms with Gasteiger partial charge in [0, 0.05) is 33.5 Å². The van der Waals surface area contributed by atoms with E-state index in [1.165, 1.54) is 26.9 Å². The lowest BCUT2D eigenvalue weighted by atomic mass is 9.99. The quantitative estimate of drug-likeness (QED) is 0.130. The number of para-hydroxylation sites is 2. The molecule has 2 heteroatoms. The zero-order valence-corrected chi connectivity index (χ0v) is 27.2. The van der Waals surface area contributed by atoms with E-state index in [0.29, 0.717) is 0 Å². The molecule has 2 nitrogen and oxygen atoms in total. The summed E-state index contributed by atoms with van der Waals surface area (Å²) in [4.78, 5) is 2.28. The third-order valence-corrected chi connectivity index (χ3v) is 9.85. The molecule has 0 saturated heterocycles. The first-order valence-corrected chi connectivity index (χ1v) is 17.0. The third kappa shape index (κ3) is 4.73. The minimum Gasteiger partial charge on any atom is -0.310 e. The van der Waals surface area contributed by atoms with Gasteiger partial charge in [-0.1, -0.05) is 121 Å². The van der Waals surface area contributed by atoms with Crippen LogP contribution in [0.1, 0.15) is 13.9 Å². The first kappa shape index (κ1) is 26.3. The monoisotopic (exact) mass is 638 g/mol. The normalized spacial score (nSPS) is 12.9. The van der Waals surface area contributed by atoms with E-state index in [0.717, 1.165) is 61.1 Å². The van der Waals surface area contributed by atoms with Gasteiger partial charge >= 0.3 is 0 Å². The van der Waals surface area contributed by atoms with Gasteiger partial charge in [0.1, 0.15) is 0 Å². The fourth-order valence-corrected chi connectivity index (χ4v) is 7.56. The van der Waals surface area contributed by atoms with Crippen molar-refractivity contribution in [3.63, 3.8) is 0 Å². The Morgan fingerprint density at radius 3 is 1.76 bits per heavy atom. The van der Waals surface area contributed by atoms with Crippen molar-refractivity contribution >= 4 is 83.3 Å². The van der Waals surface area contributed by atoms with Crippen LogP contribution in [0.3, 0.4) is 0 Å². The van der Waals surface area contributed by atoms with Crippen LogP contribution in [0.5, 0.6) is 0 Å². The summed E-state index contributed by atoms with van der Waals surface area (Å²) in [5.74, 6) is 0. The number of nitrogens with zero attached hydrogens (tertiary/aromatic N) is 2. The van der Waals surface area contributed by atoms with Crippen LogP contribution in [0.2, 0.25) is 0 Å². The molecule has 50 heavy (non-hydrogen) atoms. The third-order valence-electron chi connectivity index (χ3n) is 9.85. The molecule has 10 aromatic rings. The second kappa shape index (κ2) is 11.5. The Morgan fingerprint density at radius 2 is 0.940 bits per heavy atom. The number of anilines is 3. The van der Waals surface area contributed by atoms with Gasteiger partial charge in [0.2, 0.25) is 0 Å². The highest BCUT2D eigenvalue weighted by atomic mass is 15.1. The molecule has 0 atom stereocenters. The molecular weight excluding hydrogens is 605 g/mol. The SMILES string of the molecule is [2H]/C(=C(/[2H])c1cc2ccc3cccc4c3c2c(c1)n4-c1ccccc1)c1ccc2cc(N(c3ccccc3)c3ccc4ccccc4c3)ccc2c1. The summed E-state index contributed by atoms with van der Waals surface area (Å²) in [5, 5.41) is 9.19. The van der Waals surface area contributed by atoms with E-state index < -0.39 is 0 Å². The lowest BCUT2D eigenvalue weighted by Crippen LogP contribution is -2.09. The van der Waals surface area contributed by atoms with Crippen LogP contribution in [0.4, 0.5) is 17.1 Å². The van der Waals surface area contributed by atoms with E-state index in [2.05, 4.69) is 167 Å². The topological polar surface area (TPSA) is 8.17 Å². The van der Waals surface area contributed by atoms with Crippen LogP contribution < -0.4 is 4.90 Å². The first-order valence-electron chi connectivity index (χ1n) is 18.0. The molecule has 0 radical (unpaired) electrons. The minimum atomic E-state index is 0.197. The van der Waals surface area contributed by atoms with Crippen molar-refractivity contribution in [1.82, 2.24) is 4.57 Å². The van der Waals surface area contributed by atoms with Crippen LogP contribution in [0, 0.1) is 0 Å². The van der Waals surface area contributed by atoms with Crippen molar-refractivity contribution in [2.75, 3.05) is 4.90 Å². The van der Waals surface area contributed by atoms with Crippen molar-refractivity contribution in [3.8, 4) is 5.69 Å². The van der Waals surface area contributed by atoms with Gasteiger partial charge in [-0.2, -0.15) is 0 Å². The standard InChI is InChI=1S/C48H32N2/c1-3-13-41(14-4-1)49(43-26-24-35-10-7-8-11-37(35)31-43)44-27-25-38-28-33(20-21-39(38)32-44)18-19-34-29-40-23-22-36-12-9-17-45-47(36)48(40)46(30-34)50(45)42-15-5-2-6-16-42/h1-32H/b19-18+/i18D,19D. The molecule has 0 aliphatic rings. The average Bonchev–Trinajstić information content (AvgIpc) is 3.55. The number of fused-ring (bicyclic) bond motifs is 2. The maximum atomic E-state index is 9.33. The summed E-state index contributed by atoms with van der Waals surface area (Å²) in [7, 11) is 0. The van der Waals surface area contributed by atoms with Gasteiger partial charge in [-0.05, 0) is 116 Å². The second-order valence-corrected chi connectivity index (χ2v) is 12.9. The van der Waals surface area contributed by atoms with Crippen LogP contribution in [-0.2, 0) is 0 Å². The van der Waals surface area contributed by atoms with Gasteiger partial charge in [-0.15, -0.1) is 0 Å². The highest BCUT2D eigenvalue weighted by Crippen LogP contribution is 2.40. The Hall–Kier alpha value is -6.64. The molecule has 0 aliphatic heterocycles. The lowest BCUT2D eigenvalue weighted by Gasteiger charge is -2.26. The number of rotatable bonds is 6. The zero-order valence-electron chi connectivity index (χ0n) is 29.2. The molecular formula is C48H32N2. The summed E-state index contributed by atoms with van der Waals surface area (Å²) in [6, 6.07) is 63.7. The van der Waals surface area contributed by atoms with Crippen molar-refractivity contribution in [2.45, 2.75) is 0 Å². The fourth-order valence-electron chi connectivity index (χ4n) is 7.56. The van der Waals surface area contributed by atoms with E-state index in [-0.39, 0.29) is 12.1 Å². The van der Waals surface area contributed by atoms with E-state index in [1.54, 1.807) is 0 Å². The van der Waals surface area contributed by atoms with Crippen molar-refractivity contribution < 1.29 is 2.74 Å². The summed E-state index contributed by atoms with van der Waals surface area (Å²) < 4.78 is 20.9. The Labute approximate surface area is 293 Å². The molecule has 9 aromatic carbocycles. The maximum absolute atomic E-state index is 9.33. The van der Waals surface area contributed by atoms with Crippen LogP contribution >= 0.6 is 0 Å². The zero-order chi connectivity index (χ0) is 34.8. The fraction of sp³-hybridized carbons (Fsp3) is 0. The molecule has 0 N–H and O–H groups in total. The molecule has 0 saturated carbocycles. The van der Waals surface area contributed by atoms with Gasteiger partial charge in [-0.25, -0.2) is 0 Å². The van der Waals surface area contributed by atoms with E-state index in [9.17, 15) is 2.74 Å². The van der Waals surface area contributed by atoms with Crippen molar-refractivity contribution in [1.29, 1.82) is 0 Å². The number of aromatic nitrogens is 1. The van der Waals surface area contributed by atoms with E-state index in [4.69, 9.17) is 0 Å². The average molecular weight is 639 g/mol. The van der Waals surface area contributed by atoms with Gasteiger partial charge < -0.3 is 9.47 Å². The van der Waals surface area contributed by atoms with Crippen molar-refractivity contribution in [3.05, 3.63) is 193 Å². The number of hydrogen-bond donors (Lipinski definition) is 0. The molecule has 1 aromatic heterocycles. The summed E-state index contributed by atoms with van der Waals surface area (Å²) in [6.45, 7) is 0. The smallest absolute Gasteiger partial charge is 0.0629 e. The van der Waals surface area contributed by atoms with Gasteiger partial charge in [-0.3, -0.25) is 0 Å². The number of benzene rings is 9. The Balaban J connectivity index is 1.07. The summed E-state index contributed by atoms with van der Waals surface area (Å²) in [5.41, 5.74) is 7.93. The Kier molecular flexibility index (Phi) is 6.06. The largest absolute Gasteiger partial charge is 0.310 e. The minimum absolute atomic E-state index is 0.197. The van der Waals surface area contributed by atoms with Crippen LogP contribution in [-0.4, -0.2) is 4.57 Å². The molecule has 0 fully saturated rings. The lowest BCUT2D eigenvalue weighted by molar-refractivity contribution is 1.18. The predicted octanol–water partition coefficient (Wildman–Crippen LogP) is 13.3. The molecule has 0 bridgehead atoms. The molecule has 0 spiro atoms. The van der Waals surface area contributed by atoms with Crippen molar-refractivity contribution in [2.24, 2.45) is 0 Å².